The molecule has 1 fully saturated rings. The molecule has 1 saturated heterocycles. The average molecular weight is 328 g/mol. The third-order valence-electron chi connectivity index (χ3n) is 3.45. The minimum absolute atomic E-state index is 0.0557. The molecule has 1 aromatic rings. The van der Waals surface area contributed by atoms with Gasteiger partial charge < -0.3 is 19.5 Å². The summed E-state index contributed by atoms with van der Waals surface area (Å²) < 4.78 is 17.1. The first-order valence-electron chi connectivity index (χ1n) is 8.04. The Morgan fingerprint density at radius 3 is 2.86 bits per heavy atom. The number of nitrogens with one attached hydrogen (secondary N) is 1. The van der Waals surface area contributed by atoms with E-state index in [4.69, 9.17) is 25.8 Å². The number of benzene rings is 1. The van der Waals surface area contributed by atoms with Crippen LogP contribution >= 0.6 is 11.6 Å². The van der Waals surface area contributed by atoms with Crippen LogP contribution in [0.15, 0.2) is 12.1 Å². The highest BCUT2D eigenvalue weighted by atomic mass is 35.5. The number of rotatable bonds is 8. The number of ether oxygens (including phenoxy) is 3. The van der Waals surface area contributed by atoms with Gasteiger partial charge >= 0.3 is 0 Å². The van der Waals surface area contributed by atoms with E-state index in [1.807, 2.05) is 32.9 Å². The lowest BCUT2D eigenvalue weighted by Gasteiger charge is -2.18. The fourth-order valence-electron chi connectivity index (χ4n) is 2.52. The van der Waals surface area contributed by atoms with E-state index in [9.17, 15) is 0 Å². The summed E-state index contributed by atoms with van der Waals surface area (Å²) in [5.41, 5.74) is 1.09. The minimum Gasteiger partial charge on any atom is -0.490 e. The molecule has 2 rings (SSSR count). The third kappa shape index (κ3) is 5.04. The third-order valence-corrected chi connectivity index (χ3v) is 3.73. The minimum atomic E-state index is 0.0557. The first-order valence-corrected chi connectivity index (χ1v) is 8.42. The normalized spacial score (nSPS) is 18.0. The van der Waals surface area contributed by atoms with Crippen LogP contribution in [0.1, 0.15) is 39.2 Å². The van der Waals surface area contributed by atoms with Gasteiger partial charge in [-0.25, -0.2) is 0 Å². The molecular formula is C17H26ClNO3. The van der Waals surface area contributed by atoms with Crippen molar-refractivity contribution in [3.8, 4) is 11.5 Å². The summed E-state index contributed by atoms with van der Waals surface area (Å²) in [5, 5.41) is 4.01. The van der Waals surface area contributed by atoms with E-state index in [1.165, 1.54) is 0 Å². The van der Waals surface area contributed by atoms with Crippen LogP contribution in [0.5, 0.6) is 11.5 Å². The Labute approximate surface area is 138 Å². The molecule has 0 bridgehead atoms. The van der Waals surface area contributed by atoms with Crippen LogP contribution in [0.2, 0.25) is 5.02 Å². The van der Waals surface area contributed by atoms with Crippen molar-refractivity contribution in [2.24, 2.45) is 0 Å². The fraction of sp³-hybridized carbons (Fsp3) is 0.647. The Morgan fingerprint density at radius 2 is 2.23 bits per heavy atom. The van der Waals surface area contributed by atoms with Gasteiger partial charge in [0, 0.05) is 19.7 Å². The summed E-state index contributed by atoms with van der Waals surface area (Å²) in [6, 6.07) is 3.93. The standard InChI is InChI=1S/C17H26ClNO3/c1-4-20-16-9-13(8-15(18)17(16)22-12(2)3)10-19-11-14-6-5-7-21-14/h8-9,12,14,19H,4-7,10-11H2,1-3H3/t14-/m1/s1. The molecule has 0 spiro atoms. The maximum absolute atomic E-state index is 6.36. The molecule has 1 aliphatic heterocycles. The van der Waals surface area contributed by atoms with E-state index >= 15 is 0 Å². The number of halogens is 1. The topological polar surface area (TPSA) is 39.7 Å². The molecule has 1 aromatic carbocycles. The maximum Gasteiger partial charge on any atom is 0.180 e. The predicted molar refractivity (Wildman–Crippen MR) is 89.1 cm³/mol. The SMILES string of the molecule is CCOc1cc(CNC[C@H]2CCCO2)cc(Cl)c1OC(C)C. The second-order valence-electron chi connectivity index (χ2n) is 5.77. The van der Waals surface area contributed by atoms with E-state index in [0.29, 0.717) is 29.2 Å². The highest BCUT2D eigenvalue weighted by molar-refractivity contribution is 6.32. The molecule has 0 saturated carbocycles. The molecule has 4 nitrogen and oxygen atoms in total. The van der Waals surface area contributed by atoms with Gasteiger partial charge in [-0.2, -0.15) is 0 Å². The zero-order chi connectivity index (χ0) is 15.9. The van der Waals surface area contributed by atoms with Crippen LogP contribution in [0, 0.1) is 0 Å². The van der Waals surface area contributed by atoms with Crippen molar-refractivity contribution >= 4 is 11.6 Å². The summed E-state index contributed by atoms with van der Waals surface area (Å²) in [6.45, 7) is 8.97. The van der Waals surface area contributed by atoms with Crippen molar-refractivity contribution in [3.63, 3.8) is 0 Å². The van der Waals surface area contributed by atoms with Gasteiger partial charge in [0.05, 0.1) is 23.8 Å². The first-order chi connectivity index (χ1) is 10.6. The van der Waals surface area contributed by atoms with Crippen molar-refractivity contribution in [2.45, 2.75) is 52.4 Å². The highest BCUT2D eigenvalue weighted by Crippen LogP contribution is 2.37. The van der Waals surface area contributed by atoms with E-state index in [2.05, 4.69) is 5.32 Å². The van der Waals surface area contributed by atoms with Crippen molar-refractivity contribution < 1.29 is 14.2 Å². The van der Waals surface area contributed by atoms with Crippen molar-refractivity contribution in [1.29, 1.82) is 0 Å². The molecular weight excluding hydrogens is 302 g/mol. The quantitative estimate of drug-likeness (QED) is 0.788. The van der Waals surface area contributed by atoms with Crippen molar-refractivity contribution in [1.82, 2.24) is 5.32 Å². The van der Waals surface area contributed by atoms with Gasteiger partial charge in [-0.3, -0.25) is 0 Å². The van der Waals surface area contributed by atoms with Crippen LogP contribution in [-0.2, 0) is 11.3 Å². The van der Waals surface area contributed by atoms with Gasteiger partial charge in [0.2, 0.25) is 0 Å². The summed E-state index contributed by atoms with van der Waals surface area (Å²) in [7, 11) is 0. The molecule has 0 aliphatic carbocycles. The second-order valence-corrected chi connectivity index (χ2v) is 6.18. The number of hydrogen-bond acceptors (Lipinski definition) is 4. The predicted octanol–water partition coefficient (Wildman–Crippen LogP) is 3.79. The number of hydrogen-bond donors (Lipinski definition) is 1. The molecule has 1 heterocycles. The molecule has 5 heteroatoms. The van der Waals surface area contributed by atoms with Gasteiger partial charge in [0.25, 0.3) is 0 Å². The summed E-state index contributed by atoms with van der Waals surface area (Å²) >= 11 is 6.36. The molecule has 0 unspecified atom stereocenters. The molecule has 1 aliphatic rings. The lowest BCUT2D eigenvalue weighted by Crippen LogP contribution is -2.25. The zero-order valence-corrected chi connectivity index (χ0v) is 14.4. The average Bonchev–Trinajstić information content (AvgIpc) is 2.96. The zero-order valence-electron chi connectivity index (χ0n) is 13.7. The molecule has 0 aromatic heterocycles. The maximum atomic E-state index is 6.36. The van der Waals surface area contributed by atoms with Crippen LogP contribution in [0.4, 0.5) is 0 Å². The molecule has 0 radical (unpaired) electrons. The molecule has 0 amide bonds. The molecule has 1 atom stereocenters. The van der Waals surface area contributed by atoms with Crippen LogP contribution in [0.25, 0.3) is 0 Å². The fourth-order valence-corrected chi connectivity index (χ4v) is 2.80. The largest absolute Gasteiger partial charge is 0.490 e. The van der Waals surface area contributed by atoms with Crippen LogP contribution < -0.4 is 14.8 Å². The Bertz CT molecular complexity index is 473. The highest BCUT2D eigenvalue weighted by Gasteiger charge is 2.16. The van der Waals surface area contributed by atoms with Crippen molar-refractivity contribution in [2.75, 3.05) is 19.8 Å². The van der Waals surface area contributed by atoms with E-state index in [-0.39, 0.29) is 6.10 Å². The van der Waals surface area contributed by atoms with E-state index in [1.54, 1.807) is 0 Å². The molecule has 1 N–H and O–H groups in total. The van der Waals surface area contributed by atoms with Gasteiger partial charge in [-0.05, 0) is 51.3 Å². The lowest BCUT2D eigenvalue weighted by atomic mass is 10.2. The Balaban J connectivity index is 2.01. The lowest BCUT2D eigenvalue weighted by molar-refractivity contribution is 0.110. The van der Waals surface area contributed by atoms with Gasteiger partial charge in [0.1, 0.15) is 0 Å². The first kappa shape index (κ1) is 17.4. The summed E-state index contributed by atoms with van der Waals surface area (Å²) in [5.74, 6) is 1.33. The van der Waals surface area contributed by atoms with Gasteiger partial charge in [0.15, 0.2) is 11.5 Å². The Hall–Kier alpha value is -0.970. The van der Waals surface area contributed by atoms with Crippen molar-refractivity contribution in [3.05, 3.63) is 22.7 Å². The van der Waals surface area contributed by atoms with Crippen LogP contribution in [0.3, 0.4) is 0 Å². The van der Waals surface area contributed by atoms with Gasteiger partial charge in [-0.1, -0.05) is 11.6 Å². The van der Waals surface area contributed by atoms with E-state index < -0.39 is 0 Å². The smallest absolute Gasteiger partial charge is 0.180 e. The summed E-state index contributed by atoms with van der Waals surface area (Å²) in [4.78, 5) is 0. The Kier molecular flexibility index (Phi) is 6.80. The van der Waals surface area contributed by atoms with Gasteiger partial charge in [-0.15, -0.1) is 0 Å². The molecule has 22 heavy (non-hydrogen) atoms. The van der Waals surface area contributed by atoms with E-state index in [0.717, 1.165) is 38.1 Å². The summed E-state index contributed by atoms with van der Waals surface area (Å²) in [6.07, 6.45) is 2.69. The van der Waals surface area contributed by atoms with Crippen LogP contribution in [-0.4, -0.2) is 32.0 Å². The second kappa shape index (κ2) is 8.61. The monoisotopic (exact) mass is 327 g/mol. The Morgan fingerprint density at radius 1 is 1.41 bits per heavy atom. The molecule has 124 valence electrons.